The van der Waals surface area contributed by atoms with E-state index in [4.69, 9.17) is 9.84 Å². The summed E-state index contributed by atoms with van der Waals surface area (Å²) in [4.78, 5) is 22.3. The van der Waals surface area contributed by atoms with Gasteiger partial charge in [-0.1, -0.05) is 6.92 Å². The van der Waals surface area contributed by atoms with Gasteiger partial charge < -0.3 is 9.84 Å². The van der Waals surface area contributed by atoms with Crippen molar-refractivity contribution in [2.45, 2.75) is 32.8 Å². The first-order valence-electron chi connectivity index (χ1n) is 5.42. The number of carbonyl (C=O) groups is 2. The number of ketones is 1. The van der Waals surface area contributed by atoms with E-state index in [2.05, 4.69) is 0 Å². The maximum atomic E-state index is 11.4. The molecule has 0 radical (unpaired) electrons. The molecule has 0 aliphatic heterocycles. The van der Waals surface area contributed by atoms with Crippen molar-refractivity contribution in [1.29, 1.82) is 0 Å². The Bertz CT molecular complexity index is 418. The topological polar surface area (TPSA) is 63.6 Å². The van der Waals surface area contributed by atoms with Gasteiger partial charge in [0.05, 0.1) is 0 Å². The molecule has 4 heteroatoms. The number of rotatable bonds is 5. The number of benzene rings is 1. The molecule has 0 atom stereocenters. The molecule has 4 nitrogen and oxygen atoms in total. The largest absolute Gasteiger partial charge is 0.478 e. The van der Waals surface area contributed by atoms with Gasteiger partial charge in [-0.2, -0.15) is 0 Å². The predicted octanol–water partition coefficient (Wildman–Crippen LogP) is 2.52. The van der Waals surface area contributed by atoms with Crippen LogP contribution in [0.15, 0.2) is 24.3 Å². The van der Waals surface area contributed by atoms with Crippen LogP contribution in [0, 0.1) is 0 Å². The molecule has 17 heavy (non-hydrogen) atoms. The van der Waals surface area contributed by atoms with Gasteiger partial charge in [0.25, 0.3) is 0 Å². The second-order valence-corrected chi connectivity index (χ2v) is 4.22. The van der Waals surface area contributed by atoms with Crippen molar-refractivity contribution < 1.29 is 19.4 Å². The fraction of sp³-hybridized carbons (Fsp3) is 0.385. The van der Waals surface area contributed by atoms with Crippen LogP contribution in [-0.4, -0.2) is 22.5 Å². The number of hydrogen-bond donors (Lipinski definition) is 1. The Labute approximate surface area is 100 Å². The SMILES string of the molecule is CCC(=O)c1ccc(OC(C)(C)C(=O)O)cc1. The van der Waals surface area contributed by atoms with Crippen LogP contribution in [0.1, 0.15) is 37.6 Å². The molecule has 0 fully saturated rings. The Morgan fingerprint density at radius 3 is 2.18 bits per heavy atom. The lowest BCUT2D eigenvalue weighted by Gasteiger charge is -2.21. The van der Waals surface area contributed by atoms with E-state index in [1.54, 1.807) is 31.2 Å². The molecule has 0 aliphatic rings. The molecular weight excluding hydrogens is 220 g/mol. The summed E-state index contributed by atoms with van der Waals surface area (Å²) < 4.78 is 5.32. The maximum Gasteiger partial charge on any atom is 0.347 e. The van der Waals surface area contributed by atoms with Crippen molar-refractivity contribution in [2.75, 3.05) is 0 Å². The van der Waals surface area contributed by atoms with Gasteiger partial charge in [-0.25, -0.2) is 4.79 Å². The van der Waals surface area contributed by atoms with Crippen molar-refractivity contribution >= 4 is 11.8 Å². The molecule has 1 N–H and O–H groups in total. The van der Waals surface area contributed by atoms with Crippen LogP contribution in [0.3, 0.4) is 0 Å². The minimum Gasteiger partial charge on any atom is -0.478 e. The number of carboxylic acids is 1. The highest BCUT2D eigenvalue weighted by molar-refractivity contribution is 5.95. The maximum absolute atomic E-state index is 11.4. The van der Waals surface area contributed by atoms with Crippen molar-refractivity contribution in [3.8, 4) is 5.75 Å². The van der Waals surface area contributed by atoms with Gasteiger partial charge in [0.15, 0.2) is 11.4 Å². The van der Waals surface area contributed by atoms with Crippen LogP contribution in [0.4, 0.5) is 0 Å². The normalized spacial score (nSPS) is 11.0. The van der Waals surface area contributed by atoms with E-state index in [1.165, 1.54) is 13.8 Å². The van der Waals surface area contributed by atoms with E-state index in [0.29, 0.717) is 17.7 Å². The lowest BCUT2D eigenvalue weighted by molar-refractivity contribution is -0.152. The van der Waals surface area contributed by atoms with E-state index in [1.807, 2.05) is 0 Å². The minimum atomic E-state index is -1.28. The molecule has 0 aliphatic carbocycles. The quantitative estimate of drug-likeness (QED) is 0.798. The average molecular weight is 236 g/mol. The molecule has 0 amide bonds. The standard InChI is InChI=1S/C13H16O4/c1-4-11(14)9-5-7-10(8-6-9)17-13(2,3)12(15)16/h5-8H,4H2,1-3H3,(H,15,16). The highest BCUT2D eigenvalue weighted by Crippen LogP contribution is 2.19. The second-order valence-electron chi connectivity index (χ2n) is 4.22. The van der Waals surface area contributed by atoms with Crippen molar-refractivity contribution in [3.63, 3.8) is 0 Å². The van der Waals surface area contributed by atoms with Gasteiger partial charge in [-0.15, -0.1) is 0 Å². The Hall–Kier alpha value is -1.84. The summed E-state index contributed by atoms with van der Waals surface area (Å²) in [7, 11) is 0. The average Bonchev–Trinajstić information content (AvgIpc) is 2.28. The molecule has 1 aromatic carbocycles. The molecule has 0 aromatic heterocycles. The monoisotopic (exact) mass is 236 g/mol. The lowest BCUT2D eigenvalue weighted by Crippen LogP contribution is -2.37. The highest BCUT2D eigenvalue weighted by Gasteiger charge is 2.29. The van der Waals surface area contributed by atoms with Crippen LogP contribution >= 0.6 is 0 Å². The first-order chi connectivity index (χ1) is 7.86. The number of ether oxygens (including phenoxy) is 1. The zero-order valence-corrected chi connectivity index (χ0v) is 10.2. The van der Waals surface area contributed by atoms with Gasteiger partial charge in [0.1, 0.15) is 5.75 Å². The number of Topliss-reactive ketones (excluding diaryl/α,β-unsaturated/α-hetero) is 1. The second kappa shape index (κ2) is 4.99. The van der Waals surface area contributed by atoms with Crippen molar-refractivity contribution in [3.05, 3.63) is 29.8 Å². The van der Waals surface area contributed by atoms with Gasteiger partial charge in [0.2, 0.25) is 0 Å². The Morgan fingerprint density at radius 2 is 1.76 bits per heavy atom. The zero-order chi connectivity index (χ0) is 13.1. The molecule has 1 rings (SSSR count). The van der Waals surface area contributed by atoms with Crippen LogP contribution in [0.25, 0.3) is 0 Å². The molecule has 0 saturated heterocycles. The van der Waals surface area contributed by atoms with E-state index in [-0.39, 0.29) is 5.78 Å². The molecule has 0 heterocycles. The number of aliphatic carboxylic acids is 1. The van der Waals surface area contributed by atoms with Crippen LogP contribution < -0.4 is 4.74 Å². The Kier molecular flexibility index (Phi) is 3.89. The van der Waals surface area contributed by atoms with Gasteiger partial charge in [0, 0.05) is 12.0 Å². The summed E-state index contributed by atoms with van der Waals surface area (Å²) in [5.74, 6) is -0.551. The smallest absolute Gasteiger partial charge is 0.347 e. The van der Waals surface area contributed by atoms with Crippen molar-refractivity contribution in [1.82, 2.24) is 0 Å². The van der Waals surface area contributed by atoms with Gasteiger partial charge in [-0.05, 0) is 38.1 Å². The van der Waals surface area contributed by atoms with E-state index in [0.717, 1.165) is 0 Å². The summed E-state index contributed by atoms with van der Waals surface area (Å²) in [6.07, 6.45) is 0.445. The van der Waals surface area contributed by atoms with E-state index in [9.17, 15) is 9.59 Å². The molecule has 1 aromatic rings. The fourth-order valence-electron chi connectivity index (χ4n) is 1.25. The summed E-state index contributed by atoms with van der Waals surface area (Å²) >= 11 is 0. The third kappa shape index (κ3) is 3.31. The Balaban J connectivity index is 2.82. The summed E-state index contributed by atoms with van der Waals surface area (Å²) in [5, 5.41) is 8.90. The molecule has 0 spiro atoms. The summed E-state index contributed by atoms with van der Waals surface area (Å²) in [5.41, 5.74) is -0.677. The zero-order valence-electron chi connectivity index (χ0n) is 10.2. The summed E-state index contributed by atoms with van der Waals surface area (Å²) in [6.45, 7) is 4.74. The van der Waals surface area contributed by atoms with Gasteiger partial charge in [-0.3, -0.25) is 4.79 Å². The Morgan fingerprint density at radius 1 is 1.24 bits per heavy atom. The molecule has 0 bridgehead atoms. The van der Waals surface area contributed by atoms with Crippen LogP contribution in [0.5, 0.6) is 5.75 Å². The molecular formula is C13H16O4. The molecule has 92 valence electrons. The fourth-order valence-corrected chi connectivity index (χ4v) is 1.25. The van der Waals surface area contributed by atoms with E-state index >= 15 is 0 Å². The lowest BCUT2D eigenvalue weighted by atomic mass is 10.1. The predicted molar refractivity (Wildman–Crippen MR) is 63.4 cm³/mol. The highest BCUT2D eigenvalue weighted by atomic mass is 16.5. The minimum absolute atomic E-state index is 0.0500. The third-order valence-corrected chi connectivity index (χ3v) is 2.39. The van der Waals surface area contributed by atoms with Gasteiger partial charge >= 0.3 is 5.97 Å². The van der Waals surface area contributed by atoms with Crippen LogP contribution in [0.2, 0.25) is 0 Å². The first-order valence-corrected chi connectivity index (χ1v) is 5.42. The van der Waals surface area contributed by atoms with E-state index < -0.39 is 11.6 Å². The molecule has 0 unspecified atom stereocenters. The number of carboxylic acid groups (broad SMARTS) is 1. The van der Waals surface area contributed by atoms with Crippen molar-refractivity contribution in [2.24, 2.45) is 0 Å². The number of carbonyl (C=O) groups excluding carboxylic acids is 1. The molecule has 0 saturated carbocycles. The number of hydrogen-bond acceptors (Lipinski definition) is 3. The summed E-state index contributed by atoms with van der Waals surface area (Å²) in [6, 6.07) is 6.49. The van der Waals surface area contributed by atoms with Crippen LogP contribution in [-0.2, 0) is 4.79 Å². The third-order valence-electron chi connectivity index (χ3n) is 2.39. The first kappa shape index (κ1) is 13.2.